The molecule has 0 aromatic rings. The van der Waals surface area contributed by atoms with Crippen LogP contribution in [0.15, 0.2) is 0 Å². The number of sulfonamides is 1. The lowest BCUT2D eigenvalue weighted by Gasteiger charge is -2.36. The second-order valence-corrected chi connectivity index (χ2v) is 8.10. The van der Waals surface area contributed by atoms with Crippen molar-refractivity contribution in [3.05, 3.63) is 0 Å². The Morgan fingerprint density at radius 2 is 1.65 bits per heavy atom. The maximum Gasteiger partial charge on any atom is 0.324 e. The van der Waals surface area contributed by atoms with Gasteiger partial charge >= 0.3 is 5.97 Å². The smallest absolute Gasteiger partial charge is 0.324 e. The molecule has 1 saturated carbocycles. The average Bonchev–Trinajstić information content (AvgIpc) is 2.16. The van der Waals surface area contributed by atoms with Crippen LogP contribution in [0.3, 0.4) is 0 Å². The molecule has 0 unspecified atom stereocenters. The van der Waals surface area contributed by atoms with Crippen molar-refractivity contribution in [1.82, 2.24) is 4.72 Å². The summed E-state index contributed by atoms with van der Waals surface area (Å²) in [6.07, 6.45) is 3.21. The van der Waals surface area contributed by atoms with Crippen LogP contribution in [-0.2, 0) is 14.8 Å². The number of carbonyl (C=O) groups is 1. The van der Waals surface area contributed by atoms with Gasteiger partial charge in [0.1, 0.15) is 5.54 Å². The van der Waals surface area contributed by atoms with E-state index in [0.29, 0.717) is 12.8 Å². The number of carboxylic acids is 1. The summed E-state index contributed by atoms with van der Waals surface area (Å²) in [7, 11) is -3.63. The van der Waals surface area contributed by atoms with Crippen molar-refractivity contribution in [2.24, 2.45) is 0 Å². The molecular formula is C11H21NO4S. The SMILES string of the molecule is CC(C)(C)S(=O)(=O)NC1(C(=O)O)CCCCC1. The molecule has 1 rings (SSSR count). The molecule has 0 spiro atoms. The van der Waals surface area contributed by atoms with Crippen molar-refractivity contribution < 1.29 is 18.3 Å². The first-order valence-corrected chi connectivity index (χ1v) is 7.36. The van der Waals surface area contributed by atoms with E-state index in [-0.39, 0.29) is 0 Å². The van der Waals surface area contributed by atoms with Gasteiger partial charge in [-0.25, -0.2) is 8.42 Å². The highest BCUT2D eigenvalue weighted by atomic mass is 32.2. The van der Waals surface area contributed by atoms with Crippen LogP contribution in [0.5, 0.6) is 0 Å². The molecule has 0 radical (unpaired) electrons. The number of aliphatic carboxylic acids is 1. The van der Waals surface area contributed by atoms with Crippen molar-refractivity contribution in [2.45, 2.75) is 63.2 Å². The van der Waals surface area contributed by atoms with Crippen LogP contribution in [0.1, 0.15) is 52.9 Å². The summed E-state index contributed by atoms with van der Waals surface area (Å²) in [5.74, 6) is -1.06. The van der Waals surface area contributed by atoms with Crippen LogP contribution in [0.2, 0.25) is 0 Å². The van der Waals surface area contributed by atoms with Crippen LogP contribution < -0.4 is 4.72 Å². The number of hydrogen-bond acceptors (Lipinski definition) is 3. The minimum absolute atomic E-state index is 0.373. The maximum atomic E-state index is 12.1. The van der Waals surface area contributed by atoms with Crippen LogP contribution >= 0.6 is 0 Å². The van der Waals surface area contributed by atoms with Gasteiger partial charge < -0.3 is 5.11 Å². The molecular weight excluding hydrogens is 242 g/mol. The Bertz CT molecular complexity index is 388. The Balaban J connectivity index is 3.00. The van der Waals surface area contributed by atoms with Gasteiger partial charge in [-0.05, 0) is 33.6 Å². The first-order valence-electron chi connectivity index (χ1n) is 5.88. The molecule has 6 heteroatoms. The molecule has 0 atom stereocenters. The number of carboxylic acid groups (broad SMARTS) is 1. The summed E-state index contributed by atoms with van der Waals surface area (Å²) >= 11 is 0. The fourth-order valence-corrected chi connectivity index (χ4v) is 3.04. The van der Waals surface area contributed by atoms with Crippen LogP contribution in [0.25, 0.3) is 0 Å². The monoisotopic (exact) mass is 263 g/mol. The molecule has 0 heterocycles. The molecule has 0 bridgehead atoms. The lowest BCUT2D eigenvalue weighted by molar-refractivity contribution is -0.145. The predicted molar refractivity (Wildman–Crippen MR) is 65.3 cm³/mol. The Morgan fingerprint density at radius 1 is 1.18 bits per heavy atom. The molecule has 0 saturated heterocycles. The van der Waals surface area contributed by atoms with E-state index in [9.17, 15) is 18.3 Å². The topological polar surface area (TPSA) is 83.5 Å². The van der Waals surface area contributed by atoms with Gasteiger partial charge in [0, 0.05) is 0 Å². The average molecular weight is 263 g/mol. The molecule has 1 aliphatic carbocycles. The summed E-state index contributed by atoms with van der Waals surface area (Å²) in [5, 5.41) is 9.29. The number of hydrogen-bond donors (Lipinski definition) is 2. The highest BCUT2D eigenvalue weighted by molar-refractivity contribution is 7.90. The zero-order valence-electron chi connectivity index (χ0n) is 10.6. The van der Waals surface area contributed by atoms with E-state index < -0.39 is 26.3 Å². The van der Waals surface area contributed by atoms with E-state index in [0.717, 1.165) is 19.3 Å². The van der Waals surface area contributed by atoms with Crippen LogP contribution in [0, 0.1) is 0 Å². The minimum atomic E-state index is -3.63. The maximum absolute atomic E-state index is 12.1. The van der Waals surface area contributed by atoms with Gasteiger partial charge in [-0.15, -0.1) is 0 Å². The fraction of sp³-hybridized carbons (Fsp3) is 0.909. The molecule has 0 aliphatic heterocycles. The molecule has 0 amide bonds. The third kappa shape index (κ3) is 2.98. The minimum Gasteiger partial charge on any atom is -0.480 e. The highest BCUT2D eigenvalue weighted by Crippen LogP contribution is 2.30. The summed E-state index contributed by atoms with van der Waals surface area (Å²) < 4.78 is 25.5. The van der Waals surface area contributed by atoms with Gasteiger partial charge in [0.05, 0.1) is 4.75 Å². The van der Waals surface area contributed by atoms with Crippen molar-refractivity contribution in [1.29, 1.82) is 0 Å². The zero-order chi connectivity index (χ0) is 13.3. The van der Waals surface area contributed by atoms with Gasteiger partial charge in [-0.3, -0.25) is 4.79 Å². The third-order valence-electron chi connectivity index (χ3n) is 3.25. The Hall–Kier alpha value is -0.620. The molecule has 0 aromatic heterocycles. The van der Waals surface area contributed by atoms with E-state index in [1.54, 1.807) is 20.8 Å². The molecule has 100 valence electrons. The van der Waals surface area contributed by atoms with E-state index in [4.69, 9.17) is 0 Å². The van der Waals surface area contributed by atoms with E-state index >= 15 is 0 Å². The largest absolute Gasteiger partial charge is 0.480 e. The van der Waals surface area contributed by atoms with Gasteiger partial charge in [0.15, 0.2) is 0 Å². The van der Waals surface area contributed by atoms with E-state index in [1.165, 1.54) is 0 Å². The number of nitrogens with one attached hydrogen (secondary N) is 1. The van der Waals surface area contributed by atoms with Crippen LogP contribution in [0.4, 0.5) is 0 Å². The molecule has 1 fully saturated rings. The predicted octanol–water partition coefficient (Wildman–Crippen LogP) is 1.49. The Labute approximate surface area is 103 Å². The normalized spacial score (nSPS) is 21.1. The van der Waals surface area contributed by atoms with Crippen molar-refractivity contribution in [3.63, 3.8) is 0 Å². The second-order valence-electron chi connectivity index (χ2n) is 5.67. The summed E-state index contributed by atoms with van der Waals surface area (Å²) in [4.78, 5) is 11.4. The molecule has 0 aromatic carbocycles. The van der Waals surface area contributed by atoms with Crippen molar-refractivity contribution >= 4 is 16.0 Å². The second kappa shape index (κ2) is 4.57. The lowest BCUT2D eigenvalue weighted by Crippen LogP contribution is -2.58. The lowest BCUT2D eigenvalue weighted by atomic mass is 9.83. The zero-order valence-corrected chi connectivity index (χ0v) is 11.4. The standard InChI is InChI=1S/C11H21NO4S/c1-10(2,3)17(15,16)12-11(9(13)14)7-5-4-6-8-11/h12H,4-8H2,1-3H3,(H,13,14). The Kier molecular flexibility index (Phi) is 3.88. The molecule has 1 aliphatic rings. The highest BCUT2D eigenvalue weighted by Gasteiger charge is 2.45. The fourth-order valence-electron chi connectivity index (χ4n) is 1.93. The van der Waals surface area contributed by atoms with Gasteiger partial charge in [-0.1, -0.05) is 19.3 Å². The van der Waals surface area contributed by atoms with E-state index in [1.807, 2.05) is 0 Å². The first kappa shape index (κ1) is 14.4. The third-order valence-corrected chi connectivity index (χ3v) is 5.52. The summed E-state index contributed by atoms with van der Waals surface area (Å²) in [6, 6.07) is 0. The van der Waals surface area contributed by atoms with E-state index in [2.05, 4.69) is 4.72 Å². The van der Waals surface area contributed by atoms with Crippen LogP contribution in [-0.4, -0.2) is 29.8 Å². The van der Waals surface area contributed by atoms with Gasteiger partial charge in [-0.2, -0.15) is 4.72 Å². The van der Waals surface area contributed by atoms with Crippen molar-refractivity contribution in [3.8, 4) is 0 Å². The quantitative estimate of drug-likeness (QED) is 0.808. The van der Waals surface area contributed by atoms with Crippen molar-refractivity contribution in [2.75, 3.05) is 0 Å². The van der Waals surface area contributed by atoms with Gasteiger partial charge in [0.25, 0.3) is 0 Å². The Morgan fingerprint density at radius 3 is 2.00 bits per heavy atom. The summed E-state index contributed by atoms with van der Waals surface area (Å²) in [6.45, 7) is 4.69. The summed E-state index contributed by atoms with van der Waals surface area (Å²) in [5.41, 5.74) is -1.30. The molecule has 2 N–H and O–H groups in total. The molecule has 5 nitrogen and oxygen atoms in total. The first-order chi connectivity index (χ1) is 7.61. The molecule has 17 heavy (non-hydrogen) atoms. The van der Waals surface area contributed by atoms with Gasteiger partial charge in [0.2, 0.25) is 10.0 Å². The number of rotatable bonds is 3.